The minimum Gasteiger partial charge on any atom is -0.497 e. The maximum Gasteiger partial charge on any atom is 0.434 e. The fraction of sp³-hybridized carbons (Fsp3) is 0.115. The number of aromatic carboxylic acids is 1. The van der Waals surface area contributed by atoms with Gasteiger partial charge in [0.2, 0.25) is 0 Å². The molecule has 36 heavy (non-hydrogen) atoms. The Hall–Kier alpha value is -4.11. The van der Waals surface area contributed by atoms with Gasteiger partial charge in [-0.15, -0.1) is 0 Å². The number of halogens is 4. The maximum atomic E-state index is 13.7. The monoisotopic (exact) mass is 513 g/mol. The van der Waals surface area contributed by atoms with Crippen LogP contribution in [-0.2, 0) is 6.18 Å². The first kappa shape index (κ1) is 25.0. The van der Waals surface area contributed by atoms with E-state index in [1.807, 2.05) is 31.2 Å². The second-order valence-electron chi connectivity index (χ2n) is 7.76. The Labute approximate surface area is 209 Å². The van der Waals surface area contributed by atoms with E-state index in [-0.39, 0.29) is 5.82 Å². The molecule has 4 aromatic rings. The maximum absolute atomic E-state index is 13.7. The van der Waals surface area contributed by atoms with Gasteiger partial charge in [0.05, 0.1) is 19.0 Å². The van der Waals surface area contributed by atoms with Crippen LogP contribution < -0.4 is 4.74 Å². The number of hydrogen-bond acceptors (Lipinski definition) is 4. The molecule has 0 saturated heterocycles. The summed E-state index contributed by atoms with van der Waals surface area (Å²) in [5.41, 5.74) is 1.05. The number of carbonyl (C=O) groups is 1. The average Bonchev–Trinajstić information content (AvgIpc) is 3.30. The summed E-state index contributed by atoms with van der Waals surface area (Å²) in [5, 5.41) is 13.3. The number of methoxy groups -OCH3 is 1. The topological polar surface area (TPSA) is 77.2 Å². The van der Waals surface area contributed by atoms with Crippen LogP contribution in [0.25, 0.3) is 29.2 Å². The molecule has 0 amide bonds. The van der Waals surface area contributed by atoms with Crippen molar-refractivity contribution in [2.45, 2.75) is 13.1 Å². The van der Waals surface area contributed by atoms with Gasteiger partial charge in [0.25, 0.3) is 0 Å². The Morgan fingerprint density at radius 2 is 1.86 bits per heavy atom. The highest BCUT2D eigenvalue weighted by Crippen LogP contribution is 2.35. The van der Waals surface area contributed by atoms with Gasteiger partial charge in [0.15, 0.2) is 11.5 Å². The number of hydrogen-bond donors (Lipinski definition) is 1. The molecule has 0 radical (unpaired) electrons. The van der Waals surface area contributed by atoms with Crippen LogP contribution in [0.1, 0.15) is 32.7 Å². The van der Waals surface area contributed by atoms with Crippen LogP contribution in [0.15, 0.2) is 60.8 Å². The van der Waals surface area contributed by atoms with Crippen molar-refractivity contribution in [3.05, 3.63) is 93.8 Å². The number of nitrogens with zero attached hydrogens (tertiary/aromatic N) is 3. The normalized spacial score (nSPS) is 11.7. The third-order valence-corrected chi connectivity index (χ3v) is 5.78. The molecule has 2 aromatic heterocycles. The van der Waals surface area contributed by atoms with Gasteiger partial charge in [-0.05, 0) is 48.4 Å². The molecule has 0 unspecified atom stereocenters. The van der Waals surface area contributed by atoms with E-state index in [0.717, 1.165) is 16.9 Å². The molecule has 2 heterocycles. The number of pyridine rings is 1. The molecule has 4 rings (SSSR count). The molecule has 0 bridgehead atoms. The van der Waals surface area contributed by atoms with Gasteiger partial charge in [-0.25, -0.2) is 14.5 Å². The van der Waals surface area contributed by atoms with Crippen molar-refractivity contribution < 1.29 is 27.8 Å². The summed E-state index contributed by atoms with van der Waals surface area (Å²) < 4.78 is 46.8. The predicted octanol–water partition coefficient (Wildman–Crippen LogP) is 6.79. The largest absolute Gasteiger partial charge is 0.497 e. The van der Waals surface area contributed by atoms with Gasteiger partial charge >= 0.3 is 12.1 Å². The van der Waals surface area contributed by atoms with Gasteiger partial charge in [-0.3, -0.25) is 0 Å². The van der Waals surface area contributed by atoms with Crippen molar-refractivity contribution in [2.75, 3.05) is 7.11 Å². The lowest BCUT2D eigenvalue weighted by atomic mass is 10.0. The summed E-state index contributed by atoms with van der Waals surface area (Å²) >= 11 is 6.48. The molecule has 10 heteroatoms. The molecule has 0 aliphatic heterocycles. The van der Waals surface area contributed by atoms with E-state index >= 15 is 0 Å². The quantitative estimate of drug-likeness (QED) is 0.287. The zero-order valence-electron chi connectivity index (χ0n) is 19.0. The van der Waals surface area contributed by atoms with Crippen molar-refractivity contribution in [2.24, 2.45) is 0 Å². The van der Waals surface area contributed by atoms with Crippen molar-refractivity contribution in [3.63, 3.8) is 0 Å². The van der Waals surface area contributed by atoms with Crippen molar-refractivity contribution >= 4 is 29.7 Å². The molecule has 0 fully saturated rings. The molecule has 184 valence electrons. The summed E-state index contributed by atoms with van der Waals surface area (Å²) in [6, 6.07) is 15.2. The first-order chi connectivity index (χ1) is 17.1. The fourth-order valence-corrected chi connectivity index (χ4v) is 3.95. The Bertz CT molecular complexity index is 1480. The second-order valence-corrected chi connectivity index (χ2v) is 8.17. The number of benzene rings is 2. The van der Waals surface area contributed by atoms with Crippen molar-refractivity contribution in [1.82, 2.24) is 14.8 Å². The van der Waals surface area contributed by atoms with E-state index in [0.29, 0.717) is 32.7 Å². The first-order valence-electron chi connectivity index (χ1n) is 10.6. The highest BCUT2D eigenvalue weighted by molar-refractivity contribution is 6.32. The lowest BCUT2D eigenvalue weighted by Gasteiger charge is -2.13. The predicted molar refractivity (Wildman–Crippen MR) is 130 cm³/mol. The zero-order chi connectivity index (χ0) is 26.0. The molecule has 0 aliphatic rings. The third-order valence-electron chi connectivity index (χ3n) is 5.45. The van der Waals surface area contributed by atoms with Crippen LogP contribution in [0.3, 0.4) is 0 Å². The van der Waals surface area contributed by atoms with Crippen LogP contribution >= 0.6 is 11.6 Å². The molecule has 6 nitrogen and oxygen atoms in total. The molecule has 0 atom stereocenters. The third kappa shape index (κ3) is 4.96. The SMILES string of the molecule is COc1ccc(C=Cc2c(Cl)cccc2-c2cccc(-n3ncc(C(=O)O)c3C(F)(F)F)n2)c(C)c1. The van der Waals surface area contributed by atoms with Crippen molar-refractivity contribution in [3.8, 4) is 22.8 Å². The van der Waals surface area contributed by atoms with Gasteiger partial charge in [-0.2, -0.15) is 18.3 Å². The minimum absolute atomic E-state index is 0.187. The minimum atomic E-state index is -4.96. The number of aromatic nitrogens is 3. The van der Waals surface area contributed by atoms with Gasteiger partial charge in [0, 0.05) is 16.1 Å². The fourth-order valence-electron chi connectivity index (χ4n) is 3.71. The Kier molecular flexibility index (Phi) is 6.85. The summed E-state index contributed by atoms with van der Waals surface area (Å²) in [7, 11) is 1.59. The number of alkyl halides is 3. The van der Waals surface area contributed by atoms with E-state index in [2.05, 4.69) is 10.1 Å². The Balaban J connectivity index is 1.80. The van der Waals surface area contributed by atoms with E-state index < -0.39 is 23.4 Å². The molecular weight excluding hydrogens is 495 g/mol. The number of carboxylic acids is 1. The van der Waals surface area contributed by atoms with E-state index in [1.54, 1.807) is 37.5 Å². The highest BCUT2D eigenvalue weighted by Gasteiger charge is 2.41. The number of carboxylic acid groups (broad SMARTS) is 1. The molecule has 0 spiro atoms. The number of rotatable bonds is 6. The number of ether oxygens (including phenoxy) is 1. The Morgan fingerprint density at radius 1 is 1.11 bits per heavy atom. The second kappa shape index (κ2) is 9.87. The molecule has 1 N–H and O–H groups in total. The Morgan fingerprint density at radius 3 is 2.53 bits per heavy atom. The van der Waals surface area contributed by atoms with E-state index in [1.165, 1.54) is 12.1 Å². The van der Waals surface area contributed by atoms with E-state index in [4.69, 9.17) is 16.3 Å². The van der Waals surface area contributed by atoms with Gasteiger partial charge in [0.1, 0.15) is 11.3 Å². The molecular formula is C26H19ClF3N3O3. The molecule has 0 aliphatic carbocycles. The zero-order valence-corrected chi connectivity index (χ0v) is 19.8. The number of aryl methyl sites for hydroxylation is 1. The summed E-state index contributed by atoms with van der Waals surface area (Å²) in [6.07, 6.45) is -0.623. The van der Waals surface area contributed by atoms with E-state index in [9.17, 15) is 23.1 Å². The first-order valence-corrected chi connectivity index (χ1v) is 11.0. The molecule has 2 aromatic carbocycles. The van der Waals surface area contributed by atoms with Gasteiger partial charge < -0.3 is 9.84 Å². The smallest absolute Gasteiger partial charge is 0.434 e. The standard InChI is InChI=1S/C26H19ClF3N3O3/c1-15-13-17(36-2)11-9-16(15)10-12-18-19(5-3-6-21(18)27)22-7-4-8-23(32-22)33-24(26(28,29)30)20(14-31-33)25(34)35/h3-14H,1-2H3,(H,34,35). The molecule has 0 saturated carbocycles. The lowest BCUT2D eigenvalue weighted by molar-refractivity contribution is -0.143. The van der Waals surface area contributed by atoms with Crippen molar-refractivity contribution in [1.29, 1.82) is 0 Å². The van der Waals surface area contributed by atoms with Crippen LogP contribution in [0.2, 0.25) is 5.02 Å². The van der Waals surface area contributed by atoms with Crippen LogP contribution in [0, 0.1) is 6.92 Å². The van der Waals surface area contributed by atoms with Crippen LogP contribution in [0.5, 0.6) is 5.75 Å². The summed E-state index contributed by atoms with van der Waals surface area (Å²) in [4.78, 5) is 15.7. The van der Waals surface area contributed by atoms with Crippen LogP contribution in [0.4, 0.5) is 13.2 Å². The van der Waals surface area contributed by atoms with Gasteiger partial charge in [-0.1, -0.05) is 48.0 Å². The summed E-state index contributed by atoms with van der Waals surface area (Å²) in [5.74, 6) is -1.19. The van der Waals surface area contributed by atoms with Crippen LogP contribution in [-0.4, -0.2) is 33.0 Å². The lowest BCUT2D eigenvalue weighted by Crippen LogP contribution is -2.18. The average molecular weight is 514 g/mol. The highest BCUT2D eigenvalue weighted by atomic mass is 35.5. The summed E-state index contributed by atoms with van der Waals surface area (Å²) in [6.45, 7) is 1.94.